The van der Waals surface area contributed by atoms with E-state index < -0.39 is 22.8 Å². The molecule has 0 spiro atoms. The van der Waals surface area contributed by atoms with Crippen LogP contribution in [-0.4, -0.2) is 25.0 Å². The fraction of sp³-hybridized carbons (Fsp3) is 0.176. The number of rotatable bonds is 3. The highest BCUT2D eigenvalue weighted by atomic mass is 35.5. The maximum atomic E-state index is 12.9. The lowest BCUT2D eigenvalue weighted by atomic mass is 10.2. The Morgan fingerprint density at radius 2 is 1.85 bits per heavy atom. The van der Waals surface area contributed by atoms with Gasteiger partial charge in [0, 0.05) is 23.5 Å². The van der Waals surface area contributed by atoms with Crippen LogP contribution in [0, 0.1) is 0 Å². The van der Waals surface area contributed by atoms with Gasteiger partial charge in [-0.3, -0.25) is 4.99 Å². The maximum Gasteiger partial charge on any atom is 0.417 e. The van der Waals surface area contributed by atoms with Crippen LogP contribution in [0.15, 0.2) is 47.5 Å². The molecule has 0 radical (unpaired) electrons. The van der Waals surface area contributed by atoms with E-state index in [0.29, 0.717) is 12.2 Å². The van der Waals surface area contributed by atoms with Crippen molar-refractivity contribution >= 4 is 34.8 Å². The summed E-state index contributed by atoms with van der Waals surface area (Å²) in [5, 5.41) is 7.64. The summed E-state index contributed by atoms with van der Waals surface area (Å²) in [5.74, 6) is 0.738. The fourth-order valence-electron chi connectivity index (χ4n) is 2.45. The summed E-state index contributed by atoms with van der Waals surface area (Å²) in [6.45, 7) is 1.44. The molecule has 0 fully saturated rings. The maximum absolute atomic E-state index is 12.9. The molecule has 0 aliphatic carbocycles. The SMILES string of the molecule is O=C(Nc1cccc(C2=NCCN2)c1)Nc1ccc(Cl)c(C(F)(F)F)c1. The normalized spacial score (nSPS) is 13.8. The Balaban J connectivity index is 1.71. The van der Waals surface area contributed by atoms with Crippen LogP contribution < -0.4 is 16.0 Å². The Kier molecular flexibility index (Phi) is 5.03. The predicted molar refractivity (Wildman–Crippen MR) is 94.9 cm³/mol. The molecule has 0 aromatic heterocycles. The first-order chi connectivity index (χ1) is 12.3. The molecule has 5 nitrogen and oxygen atoms in total. The van der Waals surface area contributed by atoms with Crippen molar-refractivity contribution in [2.45, 2.75) is 6.18 Å². The molecule has 3 rings (SSSR count). The first-order valence-corrected chi connectivity index (χ1v) is 8.04. The van der Waals surface area contributed by atoms with Crippen LogP contribution in [0.4, 0.5) is 29.3 Å². The number of alkyl halides is 3. The minimum atomic E-state index is -4.60. The van der Waals surface area contributed by atoms with Crippen LogP contribution in [0.1, 0.15) is 11.1 Å². The van der Waals surface area contributed by atoms with E-state index in [1.807, 2.05) is 6.07 Å². The van der Waals surface area contributed by atoms with E-state index in [-0.39, 0.29) is 5.69 Å². The lowest BCUT2D eigenvalue weighted by molar-refractivity contribution is -0.137. The monoisotopic (exact) mass is 382 g/mol. The molecule has 1 heterocycles. The number of amidine groups is 1. The summed E-state index contributed by atoms with van der Waals surface area (Å²) in [4.78, 5) is 16.4. The van der Waals surface area contributed by atoms with Crippen LogP contribution in [0.2, 0.25) is 5.02 Å². The molecule has 2 aromatic rings. The van der Waals surface area contributed by atoms with Crippen molar-refractivity contribution in [3.63, 3.8) is 0 Å². The van der Waals surface area contributed by atoms with Crippen LogP contribution >= 0.6 is 11.6 Å². The van der Waals surface area contributed by atoms with E-state index >= 15 is 0 Å². The molecule has 2 amide bonds. The summed E-state index contributed by atoms with van der Waals surface area (Å²) in [6.07, 6.45) is -4.60. The van der Waals surface area contributed by atoms with Gasteiger partial charge in [-0.05, 0) is 30.3 Å². The lowest BCUT2D eigenvalue weighted by Gasteiger charge is -2.13. The Morgan fingerprint density at radius 3 is 2.50 bits per heavy atom. The van der Waals surface area contributed by atoms with Gasteiger partial charge in [0.25, 0.3) is 0 Å². The number of carbonyl (C=O) groups is 1. The van der Waals surface area contributed by atoms with Gasteiger partial charge in [0.05, 0.1) is 17.1 Å². The van der Waals surface area contributed by atoms with Gasteiger partial charge in [0.15, 0.2) is 0 Å². The van der Waals surface area contributed by atoms with E-state index in [1.54, 1.807) is 18.2 Å². The fourth-order valence-corrected chi connectivity index (χ4v) is 2.67. The molecule has 0 saturated carbocycles. The Labute approximate surface area is 152 Å². The zero-order chi connectivity index (χ0) is 18.7. The topological polar surface area (TPSA) is 65.5 Å². The molecule has 0 bridgehead atoms. The number of hydrogen-bond acceptors (Lipinski definition) is 3. The third kappa shape index (κ3) is 4.26. The molecule has 0 atom stereocenters. The molecule has 136 valence electrons. The smallest absolute Gasteiger partial charge is 0.368 e. The van der Waals surface area contributed by atoms with E-state index in [0.717, 1.165) is 30.1 Å². The molecule has 9 heteroatoms. The van der Waals surface area contributed by atoms with Gasteiger partial charge in [0.1, 0.15) is 5.84 Å². The van der Waals surface area contributed by atoms with Crippen molar-refractivity contribution in [1.29, 1.82) is 0 Å². The summed E-state index contributed by atoms with van der Waals surface area (Å²) in [5.41, 5.74) is 0.272. The van der Waals surface area contributed by atoms with E-state index in [9.17, 15) is 18.0 Å². The molecular weight excluding hydrogens is 369 g/mol. The van der Waals surface area contributed by atoms with Crippen LogP contribution in [-0.2, 0) is 6.18 Å². The number of benzene rings is 2. The first kappa shape index (κ1) is 18.1. The molecule has 3 N–H and O–H groups in total. The highest BCUT2D eigenvalue weighted by molar-refractivity contribution is 6.31. The number of anilines is 2. The van der Waals surface area contributed by atoms with Gasteiger partial charge >= 0.3 is 12.2 Å². The Bertz CT molecular complexity index is 867. The van der Waals surface area contributed by atoms with Crippen LogP contribution in [0.5, 0.6) is 0 Å². The molecule has 26 heavy (non-hydrogen) atoms. The minimum Gasteiger partial charge on any atom is -0.368 e. The number of aliphatic imine (C=N–C) groups is 1. The zero-order valence-corrected chi connectivity index (χ0v) is 14.1. The zero-order valence-electron chi connectivity index (χ0n) is 13.3. The molecule has 1 aliphatic rings. The largest absolute Gasteiger partial charge is 0.417 e. The number of halogens is 4. The minimum absolute atomic E-state index is 0.0165. The Morgan fingerprint density at radius 1 is 1.12 bits per heavy atom. The van der Waals surface area contributed by atoms with Crippen molar-refractivity contribution < 1.29 is 18.0 Å². The number of nitrogens with one attached hydrogen (secondary N) is 3. The number of nitrogens with zero attached hydrogens (tertiary/aromatic N) is 1. The molecular formula is C17H14ClF3N4O. The van der Waals surface area contributed by atoms with Gasteiger partial charge in [-0.15, -0.1) is 0 Å². The van der Waals surface area contributed by atoms with Gasteiger partial charge in [-0.25, -0.2) is 4.79 Å². The average molecular weight is 383 g/mol. The first-order valence-electron chi connectivity index (χ1n) is 7.66. The third-order valence-electron chi connectivity index (χ3n) is 3.60. The molecule has 2 aromatic carbocycles. The quantitative estimate of drug-likeness (QED) is 0.738. The van der Waals surface area contributed by atoms with E-state index in [4.69, 9.17) is 11.6 Å². The number of amides is 2. The third-order valence-corrected chi connectivity index (χ3v) is 3.93. The van der Waals surface area contributed by atoms with Crippen molar-refractivity contribution in [3.05, 3.63) is 58.6 Å². The standard InChI is InChI=1S/C17H14ClF3N4O/c18-14-5-4-12(9-13(14)17(19,20)21)25-16(26)24-11-3-1-2-10(8-11)15-22-6-7-23-15/h1-5,8-9H,6-7H2,(H,22,23)(H2,24,25,26). The lowest BCUT2D eigenvalue weighted by Crippen LogP contribution is -2.21. The van der Waals surface area contributed by atoms with Gasteiger partial charge in [-0.2, -0.15) is 13.2 Å². The van der Waals surface area contributed by atoms with E-state index in [2.05, 4.69) is 20.9 Å². The van der Waals surface area contributed by atoms with Crippen molar-refractivity contribution in [1.82, 2.24) is 5.32 Å². The predicted octanol–water partition coefficient (Wildman–Crippen LogP) is 4.35. The van der Waals surface area contributed by atoms with Crippen molar-refractivity contribution in [3.8, 4) is 0 Å². The summed E-state index contributed by atoms with van der Waals surface area (Å²) >= 11 is 5.56. The molecule has 1 aliphatic heterocycles. The summed E-state index contributed by atoms with van der Waals surface area (Å²) < 4.78 is 38.6. The highest BCUT2D eigenvalue weighted by Crippen LogP contribution is 2.36. The Hall–Kier alpha value is -2.74. The van der Waals surface area contributed by atoms with Crippen LogP contribution in [0.3, 0.4) is 0 Å². The second-order valence-electron chi connectivity index (χ2n) is 5.51. The molecule has 0 saturated heterocycles. The number of carbonyl (C=O) groups excluding carboxylic acids is 1. The summed E-state index contributed by atoms with van der Waals surface area (Å²) in [6, 6.07) is 9.48. The average Bonchev–Trinajstić information content (AvgIpc) is 3.10. The molecule has 0 unspecified atom stereocenters. The van der Waals surface area contributed by atoms with Gasteiger partial charge in [-0.1, -0.05) is 23.7 Å². The summed E-state index contributed by atoms with van der Waals surface area (Å²) in [7, 11) is 0. The number of urea groups is 1. The number of hydrogen-bond donors (Lipinski definition) is 3. The van der Waals surface area contributed by atoms with Crippen LogP contribution in [0.25, 0.3) is 0 Å². The second-order valence-corrected chi connectivity index (χ2v) is 5.92. The highest BCUT2D eigenvalue weighted by Gasteiger charge is 2.33. The second kappa shape index (κ2) is 7.25. The van der Waals surface area contributed by atoms with E-state index in [1.165, 1.54) is 6.07 Å². The van der Waals surface area contributed by atoms with Gasteiger partial charge < -0.3 is 16.0 Å². The van der Waals surface area contributed by atoms with Gasteiger partial charge in [0.2, 0.25) is 0 Å². The van der Waals surface area contributed by atoms with Crippen molar-refractivity contribution in [2.75, 3.05) is 23.7 Å². The van der Waals surface area contributed by atoms with Crippen molar-refractivity contribution in [2.24, 2.45) is 4.99 Å².